The molecule has 0 aromatic heterocycles. The smallest absolute Gasteiger partial charge is 0.240 e. The highest BCUT2D eigenvalue weighted by molar-refractivity contribution is 5.86. The van der Waals surface area contributed by atoms with Gasteiger partial charge < -0.3 is 15.4 Å². The fourth-order valence-electron chi connectivity index (χ4n) is 2.66. The Morgan fingerprint density at radius 1 is 1.47 bits per heavy atom. The van der Waals surface area contributed by atoms with Gasteiger partial charge in [-0.2, -0.15) is 0 Å². The van der Waals surface area contributed by atoms with Gasteiger partial charge in [0.1, 0.15) is 5.75 Å². The molecular formula is C15H22N2O2. The Morgan fingerprint density at radius 3 is 2.89 bits per heavy atom. The minimum Gasteiger partial charge on any atom is -0.496 e. The van der Waals surface area contributed by atoms with Crippen LogP contribution >= 0.6 is 0 Å². The summed E-state index contributed by atoms with van der Waals surface area (Å²) in [4.78, 5) is 12.4. The Morgan fingerprint density at radius 2 is 2.26 bits per heavy atom. The van der Waals surface area contributed by atoms with E-state index in [1.165, 1.54) is 0 Å². The van der Waals surface area contributed by atoms with E-state index in [0.29, 0.717) is 6.54 Å². The van der Waals surface area contributed by atoms with Gasteiger partial charge in [0.2, 0.25) is 5.91 Å². The molecule has 0 bridgehead atoms. The highest BCUT2D eigenvalue weighted by Crippen LogP contribution is 2.24. The molecule has 104 valence electrons. The van der Waals surface area contributed by atoms with Crippen LogP contribution in [0.4, 0.5) is 0 Å². The number of carbonyl (C=O) groups excluding carboxylic acids is 1. The summed E-state index contributed by atoms with van der Waals surface area (Å²) in [5.41, 5.74) is 0.629. The summed E-state index contributed by atoms with van der Waals surface area (Å²) < 4.78 is 5.29. The predicted molar refractivity (Wildman–Crippen MR) is 75.1 cm³/mol. The fourth-order valence-corrected chi connectivity index (χ4v) is 2.66. The van der Waals surface area contributed by atoms with Gasteiger partial charge in [-0.05, 0) is 31.9 Å². The predicted octanol–water partition coefficient (Wildman–Crippen LogP) is 1.84. The monoisotopic (exact) mass is 262 g/mol. The number of hydrogen-bond acceptors (Lipinski definition) is 3. The van der Waals surface area contributed by atoms with Crippen molar-refractivity contribution in [2.75, 3.05) is 13.7 Å². The minimum atomic E-state index is -0.373. The molecule has 1 aliphatic rings. The van der Waals surface area contributed by atoms with E-state index >= 15 is 0 Å². The van der Waals surface area contributed by atoms with Crippen LogP contribution in [0.5, 0.6) is 5.75 Å². The molecule has 4 heteroatoms. The molecule has 0 spiro atoms. The maximum atomic E-state index is 12.4. The molecule has 1 aromatic rings. The summed E-state index contributed by atoms with van der Waals surface area (Å²) in [5, 5.41) is 6.37. The van der Waals surface area contributed by atoms with Gasteiger partial charge in [-0.15, -0.1) is 0 Å². The normalized spacial score (nSPS) is 22.2. The van der Waals surface area contributed by atoms with Gasteiger partial charge in [-0.3, -0.25) is 4.79 Å². The van der Waals surface area contributed by atoms with Crippen LogP contribution in [0.3, 0.4) is 0 Å². The summed E-state index contributed by atoms with van der Waals surface area (Å²) in [6.45, 7) is 3.49. The van der Waals surface area contributed by atoms with Crippen molar-refractivity contribution in [3.8, 4) is 5.75 Å². The molecule has 1 aliphatic heterocycles. The largest absolute Gasteiger partial charge is 0.496 e. The average Bonchev–Trinajstić information content (AvgIpc) is 2.95. The molecule has 4 nitrogen and oxygen atoms in total. The molecule has 0 radical (unpaired) electrons. The van der Waals surface area contributed by atoms with Crippen molar-refractivity contribution in [1.29, 1.82) is 0 Å². The zero-order chi connectivity index (χ0) is 13.7. The molecular weight excluding hydrogens is 240 g/mol. The van der Waals surface area contributed by atoms with E-state index in [1.807, 2.05) is 24.3 Å². The number of hydrogen-bond donors (Lipinski definition) is 2. The van der Waals surface area contributed by atoms with Crippen molar-refractivity contribution < 1.29 is 9.53 Å². The minimum absolute atomic E-state index is 0.0957. The molecule has 1 saturated heterocycles. The summed E-state index contributed by atoms with van der Waals surface area (Å²) in [6.07, 6.45) is 2.81. The number of ether oxygens (including phenoxy) is 1. The second-order valence-electron chi connectivity index (χ2n) is 4.96. The van der Waals surface area contributed by atoms with Crippen LogP contribution in [0.2, 0.25) is 0 Å². The number of para-hydroxylation sites is 1. The lowest BCUT2D eigenvalue weighted by Gasteiger charge is -2.26. The lowest BCUT2D eigenvalue weighted by Crippen LogP contribution is -2.52. The van der Waals surface area contributed by atoms with Crippen LogP contribution in [0.25, 0.3) is 0 Å². The zero-order valence-corrected chi connectivity index (χ0v) is 11.7. The molecule has 1 heterocycles. The maximum absolute atomic E-state index is 12.4. The van der Waals surface area contributed by atoms with E-state index in [2.05, 4.69) is 17.6 Å². The van der Waals surface area contributed by atoms with E-state index in [9.17, 15) is 4.79 Å². The van der Waals surface area contributed by atoms with Gasteiger partial charge in [0.25, 0.3) is 0 Å². The van der Waals surface area contributed by atoms with Crippen LogP contribution < -0.4 is 15.4 Å². The fraction of sp³-hybridized carbons (Fsp3) is 0.533. The van der Waals surface area contributed by atoms with E-state index < -0.39 is 0 Å². The Hall–Kier alpha value is -1.55. The first-order chi connectivity index (χ1) is 9.22. The molecule has 0 saturated carbocycles. The standard InChI is InChI=1S/C15H22N2O2/c1-3-15(9-6-10-17-15)14(18)16-11-12-7-4-5-8-13(12)19-2/h4-5,7-8,17H,3,6,9-11H2,1-2H3,(H,16,18). The molecule has 1 unspecified atom stereocenters. The van der Waals surface area contributed by atoms with Crippen LogP contribution in [-0.4, -0.2) is 25.1 Å². The molecule has 2 rings (SSSR count). The number of amides is 1. The van der Waals surface area contributed by atoms with Crippen molar-refractivity contribution in [1.82, 2.24) is 10.6 Å². The Balaban J connectivity index is 2.00. The maximum Gasteiger partial charge on any atom is 0.240 e. The van der Waals surface area contributed by atoms with E-state index in [4.69, 9.17) is 4.74 Å². The lowest BCUT2D eigenvalue weighted by molar-refractivity contribution is -0.127. The Kier molecular flexibility index (Phi) is 4.43. The number of benzene rings is 1. The van der Waals surface area contributed by atoms with Crippen LogP contribution in [-0.2, 0) is 11.3 Å². The number of carbonyl (C=O) groups is 1. The molecule has 0 aliphatic carbocycles. The zero-order valence-electron chi connectivity index (χ0n) is 11.7. The first-order valence-electron chi connectivity index (χ1n) is 6.87. The van der Waals surface area contributed by atoms with Crippen molar-refractivity contribution >= 4 is 5.91 Å². The van der Waals surface area contributed by atoms with Gasteiger partial charge >= 0.3 is 0 Å². The molecule has 1 atom stereocenters. The van der Waals surface area contributed by atoms with Crippen LogP contribution in [0.15, 0.2) is 24.3 Å². The molecule has 19 heavy (non-hydrogen) atoms. The molecule has 1 fully saturated rings. The highest BCUT2D eigenvalue weighted by Gasteiger charge is 2.38. The Labute approximate surface area is 114 Å². The number of methoxy groups -OCH3 is 1. The van der Waals surface area contributed by atoms with Crippen molar-refractivity contribution in [2.24, 2.45) is 0 Å². The van der Waals surface area contributed by atoms with E-state index in [0.717, 1.165) is 37.1 Å². The molecule has 2 N–H and O–H groups in total. The van der Waals surface area contributed by atoms with Crippen molar-refractivity contribution in [3.05, 3.63) is 29.8 Å². The van der Waals surface area contributed by atoms with Crippen LogP contribution in [0, 0.1) is 0 Å². The topological polar surface area (TPSA) is 50.4 Å². The van der Waals surface area contributed by atoms with Crippen LogP contribution in [0.1, 0.15) is 31.7 Å². The summed E-state index contributed by atoms with van der Waals surface area (Å²) in [6, 6.07) is 7.76. The summed E-state index contributed by atoms with van der Waals surface area (Å²) >= 11 is 0. The summed E-state index contributed by atoms with van der Waals surface area (Å²) in [7, 11) is 1.65. The third-order valence-electron chi connectivity index (χ3n) is 3.91. The first kappa shape index (κ1) is 13.9. The SMILES string of the molecule is CCC1(C(=O)NCc2ccccc2OC)CCCN1. The third kappa shape index (κ3) is 2.89. The third-order valence-corrected chi connectivity index (χ3v) is 3.91. The number of rotatable bonds is 5. The van der Waals surface area contributed by atoms with Gasteiger partial charge in [-0.25, -0.2) is 0 Å². The quantitative estimate of drug-likeness (QED) is 0.851. The second kappa shape index (κ2) is 6.06. The lowest BCUT2D eigenvalue weighted by atomic mass is 9.93. The van der Waals surface area contributed by atoms with Gasteiger partial charge in [0.05, 0.1) is 12.6 Å². The van der Waals surface area contributed by atoms with Gasteiger partial charge in [-0.1, -0.05) is 25.1 Å². The Bertz CT molecular complexity index is 440. The first-order valence-corrected chi connectivity index (χ1v) is 6.87. The van der Waals surface area contributed by atoms with E-state index in [-0.39, 0.29) is 11.4 Å². The van der Waals surface area contributed by atoms with Crippen molar-refractivity contribution in [2.45, 2.75) is 38.3 Å². The van der Waals surface area contributed by atoms with Gasteiger partial charge in [0.15, 0.2) is 0 Å². The average molecular weight is 262 g/mol. The molecule has 1 amide bonds. The highest BCUT2D eigenvalue weighted by atomic mass is 16.5. The number of nitrogens with one attached hydrogen (secondary N) is 2. The van der Waals surface area contributed by atoms with Gasteiger partial charge in [0, 0.05) is 12.1 Å². The van der Waals surface area contributed by atoms with Crippen molar-refractivity contribution in [3.63, 3.8) is 0 Å². The second-order valence-corrected chi connectivity index (χ2v) is 4.96. The van der Waals surface area contributed by atoms with E-state index in [1.54, 1.807) is 7.11 Å². The summed E-state index contributed by atoms with van der Waals surface area (Å²) in [5.74, 6) is 0.908. The molecule has 1 aromatic carbocycles.